The van der Waals surface area contributed by atoms with Crippen LogP contribution in [0.3, 0.4) is 0 Å². The van der Waals surface area contributed by atoms with Crippen molar-refractivity contribution in [1.82, 2.24) is 20.4 Å². The molecule has 0 bridgehead atoms. The first-order valence-corrected chi connectivity index (χ1v) is 7.16. The predicted octanol–water partition coefficient (Wildman–Crippen LogP) is 0.141. The highest BCUT2D eigenvalue weighted by Gasteiger charge is 2.17. The summed E-state index contributed by atoms with van der Waals surface area (Å²) in [5.41, 5.74) is 0.325. The van der Waals surface area contributed by atoms with Crippen LogP contribution in [0.25, 0.3) is 0 Å². The van der Waals surface area contributed by atoms with Gasteiger partial charge in [-0.05, 0) is 18.1 Å². The third-order valence-electron chi connectivity index (χ3n) is 3.34. The lowest BCUT2D eigenvalue weighted by Crippen LogP contribution is -2.46. The van der Waals surface area contributed by atoms with Crippen LogP contribution >= 0.6 is 0 Å². The molecule has 114 valence electrons. The molecule has 1 aromatic rings. The molecule has 7 nitrogen and oxygen atoms in total. The van der Waals surface area contributed by atoms with Crippen molar-refractivity contribution in [3.05, 3.63) is 17.8 Å². The van der Waals surface area contributed by atoms with Crippen LogP contribution in [0.15, 0.2) is 12.1 Å². The van der Waals surface area contributed by atoms with E-state index in [2.05, 4.69) is 20.4 Å². The van der Waals surface area contributed by atoms with Gasteiger partial charge in [0.25, 0.3) is 5.91 Å². The van der Waals surface area contributed by atoms with E-state index in [0.717, 1.165) is 25.3 Å². The Kier molecular flexibility index (Phi) is 5.08. The summed E-state index contributed by atoms with van der Waals surface area (Å²) in [6.07, 6.45) is 0.866. The summed E-state index contributed by atoms with van der Waals surface area (Å²) in [7, 11) is 0. The quantitative estimate of drug-likeness (QED) is 0.781. The Morgan fingerprint density at radius 1 is 1.29 bits per heavy atom. The maximum Gasteiger partial charge on any atom is 0.271 e. The van der Waals surface area contributed by atoms with Crippen molar-refractivity contribution >= 4 is 18.1 Å². The zero-order valence-electron chi connectivity index (χ0n) is 12.5. The number of anilines is 1. The highest BCUT2D eigenvalue weighted by Crippen LogP contribution is 2.12. The van der Waals surface area contributed by atoms with Crippen LogP contribution in [-0.2, 0) is 4.79 Å². The topological polar surface area (TPSA) is 78.4 Å². The zero-order valence-corrected chi connectivity index (χ0v) is 12.5. The van der Waals surface area contributed by atoms with Crippen LogP contribution in [0.2, 0.25) is 0 Å². The summed E-state index contributed by atoms with van der Waals surface area (Å²) < 4.78 is 0. The van der Waals surface area contributed by atoms with E-state index in [-0.39, 0.29) is 5.91 Å². The monoisotopic (exact) mass is 291 g/mol. The third-order valence-corrected chi connectivity index (χ3v) is 3.34. The van der Waals surface area contributed by atoms with Gasteiger partial charge < -0.3 is 15.1 Å². The number of carbonyl (C=O) groups excluding carboxylic acids is 2. The van der Waals surface area contributed by atoms with Crippen LogP contribution < -0.4 is 10.2 Å². The molecule has 2 heterocycles. The van der Waals surface area contributed by atoms with Crippen molar-refractivity contribution in [2.24, 2.45) is 5.92 Å². The molecule has 0 unspecified atom stereocenters. The average Bonchev–Trinajstić information content (AvgIpc) is 2.53. The van der Waals surface area contributed by atoms with Gasteiger partial charge in [-0.25, -0.2) is 0 Å². The molecular formula is C14H21N5O2. The van der Waals surface area contributed by atoms with Gasteiger partial charge in [0, 0.05) is 32.7 Å². The van der Waals surface area contributed by atoms with E-state index in [0.29, 0.717) is 31.2 Å². The SMILES string of the molecule is CC(C)CNC(=O)c1ccc(N2CCN(C=O)CC2)nn1. The summed E-state index contributed by atoms with van der Waals surface area (Å²) in [6, 6.07) is 3.48. The van der Waals surface area contributed by atoms with E-state index in [9.17, 15) is 9.59 Å². The van der Waals surface area contributed by atoms with Gasteiger partial charge in [0.2, 0.25) is 6.41 Å². The average molecular weight is 291 g/mol. The molecular weight excluding hydrogens is 270 g/mol. The van der Waals surface area contributed by atoms with Gasteiger partial charge in [-0.15, -0.1) is 10.2 Å². The summed E-state index contributed by atoms with van der Waals surface area (Å²) in [5.74, 6) is 0.935. The van der Waals surface area contributed by atoms with Crippen molar-refractivity contribution in [3.63, 3.8) is 0 Å². The lowest BCUT2D eigenvalue weighted by Gasteiger charge is -2.32. The second-order valence-electron chi connectivity index (χ2n) is 5.51. The highest BCUT2D eigenvalue weighted by molar-refractivity contribution is 5.92. The van der Waals surface area contributed by atoms with E-state index in [4.69, 9.17) is 0 Å². The lowest BCUT2D eigenvalue weighted by molar-refractivity contribution is -0.118. The minimum atomic E-state index is -0.200. The number of hydrogen-bond donors (Lipinski definition) is 1. The summed E-state index contributed by atoms with van der Waals surface area (Å²) in [6.45, 7) is 7.51. The number of nitrogens with zero attached hydrogens (tertiary/aromatic N) is 4. The van der Waals surface area contributed by atoms with Crippen LogP contribution in [0.5, 0.6) is 0 Å². The first-order valence-electron chi connectivity index (χ1n) is 7.16. The van der Waals surface area contributed by atoms with Crippen molar-refractivity contribution < 1.29 is 9.59 Å². The van der Waals surface area contributed by atoms with E-state index < -0.39 is 0 Å². The van der Waals surface area contributed by atoms with Gasteiger partial charge >= 0.3 is 0 Å². The standard InChI is InChI=1S/C14H21N5O2/c1-11(2)9-15-14(21)12-3-4-13(17-16-12)19-7-5-18(10-20)6-8-19/h3-4,10-11H,5-9H2,1-2H3,(H,15,21). The van der Waals surface area contributed by atoms with Gasteiger partial charge in [-0.1, -0.05) is 13.8 Å². The second-order valence-corrected chi connectivity index (χ2v) is 5.51. The van der Waals surface area contributed by atoms with E-state index in [1.807, 2.05) is 13.8 Å². The normalized spacial score (nSPS) is 15.2. The van der Waals surface area contributed by atoms with Crippen LogP contribution in [0.1, 0.15) is 24.3 Å². The highest BCUT2D eigenvalue weighted by atomic mass is 16.2. The molecule has 0 saturated carbocycles. The molecule has 2 amide bonds. The van der Waals surface area contributed by atoms with Crippen molar-refractivity contribution in [3.8, 4) is 0 Å². The number of rotatable bonds is 5. The Balaban J connectivity index is 1.93. The van der Waals surface area contributed by atoms with Gasteiger partial charge in [0.1, 0.15) is 0 Å². The molecule has 0 aromatic carbocycles. The van der Waals surface area contributed by atoms with E-state index in [1.165, 1.54) is 0 Å². The molecule has 0 atom stereocenters. The van der Waals surface area contributed by atoms with Crippen molar-refractivity contribution in [2.45, 2.75) is 13.8 Å². The Bertz CT molecular complexity index is 481. The smallest absolute Gasteiger partial charge is 0.271 e. The fourth-order valence-electron chi connectivity index (χ4n) is 2.06. The predicted molar refractivity (Wildman–Crippen MR) is 79.1 cm³/mol. The Morgan fingerprint density at radius 3 is 2.52 bits per heavy atom. The largest absolute Gasteiger partial charge is 0.352 e. The zero-order chi connectivity index (χ0) is 15.2. The van der Waals surface area contributed by atoms with Crippen LogP contribution in [-0.4, -0.2) is 60.1 Å². The van der Waals surface area contributed by atoms with E-state index in [1.54, 1.807) is 17.0 Å². The number of hydrogen-bond acceptors (Lipinski definition) is 5. The minimum absolute atomic E-state index is 0.200. The van der Waals surface area contributed by atoms with Gasteiger partial charge in [-0.2, -0.15) is 0 Å². The van der Waals surface area contributed by atoms with Crippen LogP contribution in [0, 0.1) is 5.92 Å². The minimum Gasteiger partial charge on any atom is -0.352 e. The van der Waals surface area contributed by atoms with Crippen LogP contribution in [0.4, 0.5) is 5.82 Å². The molecule has 1 N–H and O–H groups in total. The summed E-state index contributed by atoms with van der Waals surface area (Å²) >= 11 is 0. The molecule has 7 heteroatoms. The maximum absolute atomic E-state index is 11.8. The summed E-state index contributed by atoms with van der Waals surface area (Å²) in [5, 5.41) is 10.9. The second kappa shape index (κ2) is 7.01. The molecule has 1 aromatic heterocycles. The molecule has 1 aliphatic heterocycles. The van der Waals surface area contributed by atoms with Gasteiger partial charge in [0.15, 0.2) is 11.5 Å². The van der Waals surface area contributed by atoms with Crippen molar-refractivity contribution in [1.29, 1.82) is 0 Å². The molecule has 21 heavy (non-hydrogen) atoms. The molecule has 0 radical (unpaired) electrons. The fraction of sp³-hybridized carbons (Fsp3) is 0.571. The first kappa shape index (κ1) is 15.2. The number of aromatic nitrogens is 2. The number of carbonyl (C=O) groups is 2. The Labute approximate surface area is 124 Å². The third kappa shape index (κ3) is 4.14. The molecule has 2 rings (SSSR count). The molecule has 1 fully saturated rings. The Hall–Kier alpha value is -2.18. The summed E-state index contributed by atoms with van der Waals surface area (Å²) in [4.78, 5) is 26.3. The number of amides is 2. The van der Waals surface area contributed by atoms with Gasteiger partial charge in [0.05, 0.1) is 0 Å². The number of piperazine rings is 1. The lowest BCUT2D eigenvalue weighted by atomic mass is 10.2. The van der Waals surface area contributed by atoms with Crippen molar-refractivity contribution in [2.75, 3.05) is 37.6 Å². The van der Waals surface area contributed by atoms with E-state index >= 15 is 0 Å². The van der Waals surface area contributed by atoms with Gasteiger partial charge in [-0.3, -0.25) is 9.59 Å². The Morgan fingerprint density at radius 2 is 2.00 bits per heavy atom. The molecule has 0 aliphatic carbocycles. The fourth-order valence-corrected chi connectivity index (χ4v) is 2.06. The first-order chi connectivity index (χ1) is 10.1. The number of nitrogens with one attached hydrogen (secondary N) is 1. The molecule has 0 spiro atoms. The molecule has 1 saturated heterocycles. The molecule has 1 aliphatic rings. The maximum atomic E-state index is 11.8.